The lowest BCUT2D eigenvalue weighted by atomic mass is 10.1. The summed E-state index contributed by atoms with van der Waals surface area (Å²) < 4.78 is 0. The molecule has 1 aromatic carbocycles. The molecule has 18 heavy (non-hydrogen) atoms. The van der Waals surface area contributed by atoms with Gasteiger partial charge in [-0.1, -0.05) is 38.7 Å². The predicted octanol–water partition coefficient (Wildman–Crippen LogP) is 3.48. The van der Waals surface area contributed by atoms with Crippen LogP contribution in [0.2, 0.25) is 0 Å². The number of rotatable bonds is 7. The maximum absolute atomic E-state index is 11.9. The molecule has 0 saturated carbocycles. The van der Waals surface area contributed by atoms with Crippen LogP contribution < -0.4 is 5.32 Å². The van der Waals surface area contributed by atoms with Crippen molar-refractivity contribution in [3.63, 3.8) is 0 Å². The van der Waals surface area contributed by atoms with Crippen molar-refractivity contribution in [3.05, 3.63) is 29.8 Å². The van der Waals surface area contributed by atoms with Gasteiger partial charge >= 0.3 is 0 Å². The summed E-state index contributed by atoms with van der Waals surface area (Å²) in [5.74, 6) is 0.00661. The van der Waals surface area contributed by atoms with Gasteiger partial charge in [-0.05, 0) is 31.5 Å². The van der Waals surface area contributed by atoms with Crippen LogP contribution >= 0.6 is 0 Å². The molecule has 3 heteroatoms. The van der Waals surface area contributed by atoms with Crippen LogP contribution in [-0.2, 0) is 0 Å². The summed E-state index contributed by atoms with van der Waals surface area (Å²) in [5.41, 5.74) is 0.510. The Morgan fingerprint density at radius 1 is 1.33 bits per heavy atom. The number of aromatic hydroxyl groups is 1. The van der Waals surface area contributed by atoms with E-state index in [0.29, 0.717) is 5.56 Å². The zero-order valence-corrected chi connectivity index (χ0v) is 11.3. The van der Waals surface area contributed by atoms with E-state index in [1.54, 1.807) is 18.2 Å². The second kappa shape index (κ2) is 7.75. The third-order valence-electron chi connectivity index (χ3n) is 2.98. The average Bonchev–Trinajstić information content (AvgIpc) is 2.34. The van der Waals surface area contributed by atoms with Crippen molar-refractivity contribution in [1.29, 1.82) is 0 Å². The van der Waals surface area contributed by atoms with Gasteiger partial charge in [0.2, 0.25) is 0 Å². The van der Waals surface area contributed by atoms with E-state index in [2.05, 4.69) is 12.2 Å². The molecule has 1 unspecified atom stereocenters. The summed E-state index contributed by atoms with van der Waals surface area (Å²) in [4.78, 5) is 11.9. The molecule has 100 valence electrons. The van der Waals surface area contributed by atoms with E-state index >= 15 is 0 Å². The van der Waals surface area contributed by atoms with Gasteiger partial charge in [0.1, 0.15) is 5.75 Å². The Morgan fingerprint density at radius 2 is 2.11 bits per heavy atom. The minimum atomic E-state index is -0.117. The first-order valence-corrected chi connectivity index (χ1v) is 6.73. The number of carbonyl (C=O) groups is 1. The fourth-order valence-corrected chi connectivity index (χ4v) is 1.90. The number of unbranched alkanes of at least 4 members (excludes halogenated alkanes) is 3. The lowest BCUT2D eigenvalue weighted by molar-refractivity contribution is 0.0937. The molecule has 0 heterocycles. The Bertz CT molecular complexity index is 377. The molecule has 0 bridgehead atoms. The highest BCUT2D eigenvalue weighted by molar-refractivity contribution is 5.94. The number of hydrogen-bond acceptors (Lipinski definition) is 2. The summed E-state index contributed by atoms with van der Waals surface area (Å²) in [5, 5.41) is 12.3. The second-order valence-electron chi connectivity index (χ2n) is 4.77. The molecule has 3 nitrogen and oxygen atoms in total. The Morgan fingerprint density at radius 3 is 2.78 bits per heavy atom. The van der Waals surface area contributed by atoms with Crippen molar-refractivity contribution in [2.75, 3.05) is 0 Å². The molecule has 0 spiro atoms. The Balaban J connectivity index is 2.35. The largest absolute Gasteiger partial charge is 0.508 e. The van der Waals surface area contributed by atoms with Gasteiger partial charge in [-0.3, -0.25) is 4.79 Å². The summed E-state index contributed by atoms with van der Waals surface area (Å²) >= 11 is 0. The molecule has 0 saturated heterocycles. The summed E-state index contributed by atoms with van der Waals surface area (Å²) in [6.07, 6.45) is 5.86. The smallest absolute Gasteiger partial charge is 0.251 e. The van der Waals surface area contributed by atoms with E-state index in [9.17, 15) is 9.90 Å². The topological polar surface area (TPSA) is 49.3 Å². The first-order valence-electron chi connectivity index (χ1n) is 6.73. The summed E-state index contributed by atoms with van der Waals surface area (Å²) in [6.45, 7) is 4.21. The van der Waals surface area contributed by atoms with Gasteiger partial charge in [-0.25, -0.2) is 0 Å². The van der Waals surface area contributed by atoms with Gasteiger partial charge in [0.15, 0.2) is 0 Å². The molecule has 1 atom stereocenters. The van der Waals surface area contributed by atoms with Gasteiger partial charge in [0.05, 0.1) is 0 Å². The molecule has 0 radical (unpaired) electrons. The molecule has 0 aromatic heterocycles. The van der Waals surface area contributed by atoms with Crippen molar-refractivity contribution >= 4 is 5.91 Å². The molecule has 1 rings (SSSR count). The molecule has 0 fully saturated rings. The third-order valence-corrected chi connectivity index (χ3v) is 2.98. The number of amides is 1. The number of phenolic OH excluding ortho intramolecular Hbond substituents is 1. The van der Waals surface area contributed by atoms with Gasteiger partial charge in [-0.2, -0.15) is 0 Å². The fourth-order valence-electron chi connectivity index (χ4n) is 1.90. The minimum Gasteiger partial charge on any atom is -0.508 e. The lowest BCUT2D eigenvalue weighted by Gasteiger charge is -2.13. The van der Waals surface area contributed by atoms with E-state index in [1.165, 1.54) is 25.3 Å². The van der Waals surface area contributed by atoms with Crippen LogP contribution in [0.3, 0.4) is 0 Å². The lowest BCUT2D eigenvalue weighted by Crippen LogP contribution is -2.32. The molecule has 1 aromatic rings. The standard InChI is InChI=1S/C15H23NO2/c1-3-4-5-6-8-12(2)16-15(18)13-9-7-10-14(17)11-13/h7,9-12,17H,3-6,8H2,1-2H3,(H,16,18). The molecule has 2 N–H and O–H groups in total. The van der Waals surface area contributed by atoms with Crippen molar-refractivity contribution in [1.82, 2.24) is 5.32 Å². The number of benzene rings is 1. The van der Waals surface area contributed by atoms with Crippen LogP contribution in [-0.4, -0.2) is 17.1 Å². The number of phenols is 1. The van der Waals surface area contributed by atoms with E-state index in [4.69, 9.17) is 0 Å². The normalized spacial score (nSPS) is 12.1. The highest BCUT2D eigenvalue weighted by Gasteiger charge is 2.09. The highest BCUT2D eigenvalue weighted by Crippen LogP contribution is 2.11. The molecular formula is C15H23NO2. The van der Waals surface area contributed by atoms with Crippen LogP contribution in [0, 0.1) is 0 Å². The quantitative estimate of drug-likeness (QED) is 0.727. The second-order valence-corrected chi connectivity index (χ2v) is 4.77. The number of hydrogen-bond donors (Lipinski definition) is 2. The van der Waals surface area contributed by atoms with Crippen molar-refractivity contribution < 1.29 is 9.90 Å². The molecule has 0 aliphatic heterocycles. The molecular weight excluding hydrogens is 226 g/mol. The van der Waals surface area contributed by atoms with E-state index in [-0.39, 0.29) is 17.7 Å². The SMILES string of the molecule is CCCCCCC(C)NC(=O)c1cccc(O)c1. The van der Waals surface area contributed by atoms with Crippen LogP contribution in [0.4, 0.5) is 0 Å². The Hall–Kier alpha value is -1.51. The van der Waals surface area contributed by atoms with Crippen molar-refractivity contribution in [3.8, 4) is 5.75 Å². The van der Waals surface area contributed by atoms with Crippen molar-refractivity contribution in [2.45, 2.75) is 52.0 Å². The number of nitrogens with one attached hydrogen (secondary N) is 1. The van der Waals surface area contributed by atoms with Gasteiger partial charge < -0.3 is 10.4 Å². The maximum atomic E-state index is 11.9. The minimum absolute atomic E-state index is 0.117. The van der Waals surface area contributed by atoms with E-state index in [0.717, 1.165) is 12.8 Å². The first-order chi connectivity index (χ1) is 8.63. The van der Waals surface area contributed by atoms with E-state index in [1.807, 2.05) is 6.92 Å². The van der Waals surface area contributed by atoms with Gasteiger partial charge in [-0.15, -0.1) is 0 Å². The van der Waals surface area contributed by atoms with Crippen molar-refractivity contribution in [2.24, 2.45) is 0 Å². The van der Waals surface area contributed by atoms with Crippen LogP contribution in [0.5, 0.6) is 5.75 Å². The highest BCUT2D eigenvalue weighted by atomic mass is 16.3. The van der Waals surface area contributed by atoms with E-state index < -0.39 is 0 Å². The first kappa shape index (κ1) is 14.6. The summed E-state index contributed by atoms with van der Waals surface area (Å²) in [7, 11) is 0. The predicted molar refractivity (Wildman–Crippen MR) is 73.8 cm³/mol. The maximum Gasteiger partial charge on any atom is 0.251 e. The molecule has 1 amide bonds. The average molecular weight is 249 g/mol. The van der Waals surface area contributed by atoms with Crippen LogP contribution in [0.15, 0.2) is 24.3 Å². The zero-order valence-electron chi connectivity index (χ0n) is 11.3. The Labute approximate surface area is 109 Å². The zero-order chi connectivity index (χ0) is 13.4. The molecule has 0 aliphatic carbocycles. The Kier molecular flexibility index (Phi) is 6.26. The summed E-state index contributed by atoms with van der Waals surface area (Å²) in [6, 6.07) is 6.61. The van der Waals surface area contributed by atoms with Crippen LogP contribution in [0.25, 0.3) is 0 Å². The monoisotopic (exact) mass is 249 g/mol. The third kappa shape index (κ3) is 5.21. The van der Waals surface area contributed by atoms with Gasteiger partial charge in [0, 0.05) is 11.6 Å². The fraction of sp³-hybridized carbons (Fsp3) is 0.533. The molecule has 0 aliphatic rings. The van der Waals surface area contributed by atoms with Gasteiger partial charge in [0.25, 0.3) is 5.91 Å². The number of carbonyl (C=O) groups excluding carboxylic acids is 1. The van der Waals surface area contributed by atoms with Crippen LogP contribution in [0.1, 0.15) is 56.3 Å².